The van der Waals surface area contributed by atoms with Gasteiger partial charge >= 0.3 is 0 Å². The van der Waals surface area contributed by atoms with Crippen LogP contribution in [0.2, 0.25) is 10.0 Å². The van der Waals surface area contributed by atoms with Crippen LogP contribution in [0.4, 0.5) is 8.78 Å². The number of hydrogen-bond acceptors (Lipinski definition) is 1. The summed E-state index contributed by atoms with van der Waals surface area (Å²) in [5.41, 5.74) is 1.57. The van der Waals surface area contributed by atoms with Crippen LogP contribution in [0.3, 0.4) is 0 Å². The number of benzene rings is 2. The van der Waals surface area contributed by atoms with E-state index in [2.05, 4.69) is 5.32 Å². The zero-order valence-electron chi connectivity index (χ0n) is 9.89. The molecule has 0 heterocycles. The molecule has 100 valence electrons. The Morgan fingerprint density at radius 1 is 0.895 bits per heavy atom. The number of nitrogens with one attached hydrogen (secondary N) is 1. The summed E-state index contributed by atoms with van der Waals surface area (Å²) in [6.07, 6.45) is 0. The molecule has 0 aliphatic heterocycles. The first-order valence-corrected chi connectivity index (χ1v) is 6.40. The van der Waals surface area contributed by atoms with E-state index in [0.717, 1.165) is 11.6 Å². The normalized spacial score (nSPS) is 10.7. The van der Waals surface area contributed by atoms with E-state index < -0.39 is 11.6 Å². The summed E-state index contributed by atoms with van der Waals surface area (Å²) in [6, 6.07) is 9.06. The highest BCUT2D eigenvalue weighted by molar-refractivity contribution is 6.35. The molecule has 0 saturated carbocycles. The molecule has 2 aromatic carbocycles. The molecule has 0 aliphatic carbocycles. The molecule has 0 aliphatic rings. The van der Waals surface area contributed by atoms with Crippen LogP contribution in [0, 0.1) is 11.6 Å². The highest BCUT2D eigenvalue weighted by atomic mass is 35.5. The van der Waals surface area contributed by atoms with E-state index in [9.17, 15) is 8.78 Å². The van der Waals surface area contributed by atoms with E-state index >= 15 is 0 Å². The molecule has 0 unspecified atom stereocenters. The van der Waals surface area contributed by atoms with E-state index in [4.69, 9.17) is 23.2 Å². The van der Waals surface area contributed by atoms with Crippen molar-refractivity contribution in [2.45, 2.75) is 13.1 Å². The second-order valence-electron chi connectivity index (χ2n) is 4.09. The Morgan fingerprint density at radius 3 is 2.37 bits per heavy atom. The van der Waals surface area contributed by atoms with Gasteiger partial charge in [0.05, 0.1) is 0 Å². The lowest BCUT2D eigenvalue weighted by Gasteiger charge is -2.07. The van der Waals surface area contributed by atoms with Crippen molar-refractivity contribution in [2.75, 3.05) is 0 Å². The quantitative estimate of drug-likeness (QED) is 0.873. The highest BCUT2D eigenvalue weighted by Gasteiger charge is 2.04. The van der Waals surface area contributed by atoms with Crippen molar-refractivity contribution >= 4 is 23.2 Å². The Kier molecular flexibility index (Phi) is 4.75. The lowest BCUT2D eigenvalue weighted by Crippen LogP contribution is -2.13. The smallest absolute Gasteiger partial charge is 0.159 e. The maximum atomic E-state index is 13.0. The van der Waals surface area contributed by atoms with E-state index in [1.165, 1.54) is 12.1 Å². The predicted molar refractivity (Wildman–Crippen MR) is 73.4 cm³/mol. The fraction of sp³-hybridized carbons (Fsp3) is 0.143. The molecule has 0 radical (unpaired) electrons. The van der Waals surface area contributed by atoms with E-state index in [1.54, 1.807) is 12.1 Å². The molecule has 0 fully saturated rings. The zero-order chi connectivity index (χ0) is 13.8. The molecule has 0 aromatic heterocycles. The van der Waals surface area contributed by atoms with Crippen LogP contribution in [-0.4, -0.2) is 0 Å². The third-order valence-electron chi connectivity index (χ3n) is 2.64. The van der Waals surface area contributed by atoms with E-state index in [-0.39, 0.29) is 0 Å². The summed E-state index contributed by atoms with van der Waals surface area (Å²) >= 11 is 11.8. The molecule has 0 spiro atoms. The second-order valence-corrected chi connectivity index (χ2v) is 4.93. The van der Waals surface area contributed by atoms with Gasteiger partial charge in [-0.05, 0) is 35.4 Å². The third kappa shape index (κ3) is 3.90. The van der Waals surface area contributed by atoms with Crippen molar-refractivity contribution < 1.29 is 8.78 Å². The minimum absolute atomic E-state index is 0.427. The molecular weight excluding hydrogens is 291 g/mol. The van der Waals surface area contributed by atoms with Crippen molar-refractivity contribution in [3.8, 4) is 0 Å². The van der Waals surface area contributed by atoms with Gasteiger partial charge in [-0.15, -0.1) is 0 Å². The summed E-state index contributed by atoms with van der Waals surface area (Å²) in [5.74, 6) is -1.69. The molecule has 0 bridgehead atoms. The molecule has 1 N–H and O–H groups in total. The van der Waals surface area contributed by atoms with E-state index in [1.807, 2.05) is 6.07 Å². The number of hydrogen-bond donors (Lipinski definition) is 1. The molecule has 2 aromatic rings. The summed E-state index contributed by atoms with van der Waals surface area (Å²) in [5, 5.41) is 4.26. The molecule has 1 nitrogen and oxygen atoms in total. The second kappa shape index (κ2) is 6.33. The molecule has 0 atom stereocenters. The predicted octanol–water partition coefficient (Wildman–Crippen LogP) is 4.56. The minimum Gasteiger partial charge on any atom is -0.309 e. The van der Waals surface area contributed by atoms with E-state index in [0.29, 0.717) is 28.7 Å². The molecular formula is C14H11Cl2F2N. The van der Waals surface area contributed by atoms with Crippen LogP contribution in [-0.2, 0) is 13.1 Å². The molecule has 5 heteroatoms. The van der Waals surface area contributed by atoms with Crippen LogP contribution < -0.4 is 5.32 Å². The molecule has 0 amide bonds. The third-order valence-corrected chi connectivity index (χ3v) is 3.23. The number of halogens is 4. The standard InChI is InChI=1S/C14H11Cl2F2N/c15-11-3-2-10(12(16)6-11)8-19-7-9-1-4-13(17)14(18)5-9/h1-6,19H,7-8H2. The Bertz CT molecular complexity index is 588. The first kappa shape index (κ1) is 14.3. The van der Waals surface area contributed by atoms with Crippen molar-refractivity contribution in [3.05, 3.63) is 69.2 Å². The van der Waals surface area contributed by atoms with Crippen LogP contribution >= 0.6 is 23.2 Å². The number of rotatable bonds is 4. The minimum atomic E-state index is -0.844. The van der Waals surface area contributed by atoms with Gasteiger partial charge in [0.25, 0.3) is 0 Å². The van der Waals surface area contributed by atoms with Gasteiger partial charge in [-0.25, -0.2) is 8.78 Å². The summed E-state index contributed by atoms with van der Waals surface area (Å²) in [6.45, 7) is 0.950. The first-order chi connectivity index (χ1) is 9.06. The van der Waals surface area contributed by atoms with Crippen molar-refractivity contribution in [2.24, 2.45) is 0 Å². The fourth-order valence-corrected chi connectivity index (χ4v) is 2.13. The average Bonchev–Trinajstić information content (AvgIpc) is 2.36. The van der Waals surface area contributed by atoms with Gasteiger partial charge < -0.3 is 5.32 Å². The van der Waals surface area contributed by atoms with Gasteiger partial charge in [-0.2, -0.15) is 0 Å². The summed E-state index contributed by atoms with van der Waals surface area (Å²) in [7, 11) is 0. The maximum absolute atomic E-state index is 13.0. The SMILES string of the molecule is Fc1ccc(CNCc2ccc(Cl)cc2Cl)cc1F. The zero-order valence-corrected chi connectivity index (χ0v) is 11.4. The first-order valence-electron chi connectivity index (χ1n) is 5.65. The lowest BCUT2D eigenvalue weighted by atomic mass is 10.2. The monoisotopic (exact) mass is 301 g/mol. The van der Waals surface area contributed by atoms with Gasteiger partial charge in [0.1, 0.15) is 0 Å². The lowest BCUT2D eigenvalue weighted by molar-refractivity contribution is 0.506. The Labute approximate surface area is 120 Å². The highest BCUT2D eigenvalue weighted by Crippen LogP contribution is 2.20. The Hall–Kier alpha value is -1.16. The fourth-order valence-electron chi connectivity index (χ4n) is 1.66. The van der Waals surface area contributed by atoms with Crippen molar-refractivity contribution in [3.63, 3.8) is 0 Å². The molecule has 0 saturated heterocycles. The maximum Gasteiger partial charge on any atom is 0.159 e. The van der Waals surface area contributed by atoms with Crippen LogP contribution in [0.15, 0.2) is 36.4 Å². The largest absolute Gasteiger partial charge is 0.309 e. The van der Waals surface area contributed by atoms with Crippen LogP contribution in [0.5, 0.6) is 0 Å². The van der Waals surface area contributed by atoms with Crippen molar-refractivity contribution in [1.82, 2.24) is 5.32 Å². The van der Waals surface area contributed by atoms with Gasteiger partial charge in [0.2, 0.25) is 0 Å². The Balaban J connectivity index is 1.94. The molecule has 19 heavy (non-hydrogen) atoms. The average molecular weight is 302 g/mol. The van der Waals surface area contributed by atoms with Crippen molar-refractivity contribution in [1.29, 1.82) is 0 Å². The Morgan fingerprint density at radius 2 is 1.68 bits per heavy atom. The topological polar surface area (TPSA) is 12.0 Å². The van der Waals surface area contributed by atoms with Crippen LogP contribution in [0.1, 0.15) is 11.1 Å². The van der Waals surface area contributed by atoms with Gasteiger partial charge in [-0.1, -0.05) is 35.3 Å². The van der Waals surface area contributed by atoms with Gasteiger partial charge in [-0.3, -0.25) is 0 Å². The van der Waals surface area contributed by atoms with Gasteiger partial charge in [0, 0.05) is 23.1 Å². The summed E-state index contributed by atoms with van der Waals surface area (Å²) in [4.78, 5) is 0. The van der Waals surface area contributed by atoms with Crippen LogP contribution in [0.25, 0.3) is 0 Å². The van der Waals surface area contributed by atoms with Gasteiger partial charge in [0.15, 0.2) is 11.6 Å². The summed E-state index contributed by atoms with van der Waals surface area (Å²) < 4.78 is 25.8. The molecule has 2 rings (SSSR count).